The molecule has 0 saturated carbocycles. The SMILES string of the molecule is N#Cc1ccc(-c2cc(-c3ccc(C#N)cc3)cc(-c3ccc(C#N)cc3)c2)cc1. The minimum atomic E-state index is 0.620. The zero-order valence-electron chi connectivity index (χ0n) is 16.0. The molecule has 4 rings (SSSR count). The Balaban J connectivity index is 1.87. The van der Waals surface area contributed by atoms with Gasteiger partial charge >= 0.3 is 0 Å². The van der Waals surface area contributed by atoms with Gasteiger partial charge in [0.1, 0.15) is 0 Å². The monoisotopic (exact) mass is 381 g/mol. The molecule has 4 aromatic rings. The number of rotatable bonds is 3. The van der Waals surface area contributed by atoms with E-state index in [1.54, 1.807) is 0 Å². The van der Waals surface area contributed by atoms with Crippen molar-refractivity contribution in [1.82, 2.24) is 0 Å². The molecule has 4 aromatic carbocycles. The lowest BCUT2D eigenvalue weighted by Gasteiger charge is -2.11. The molecule has 0 heterocycles. The number of hydrogen-bond donors (Lipinski definition) is 0. The minimum absolute atomic E-state index is 0.620. The van der Waals surface area contributed by atoms with E-state index in [9.17, 15) is 0 Å². The molecule has 0 aliphatic heterocycles. The number of nitrogens with zero attached hydrogens (tertiary/aromatic N) is 3. The first-order valence-corrected chi connectivity index (χ1v) is 9.37. The molecule has 0 unspecified atom stereocenters. The zero-order chi connectivity index (χ0) is 20.9. The lowest BCUT2D eigenvalue weighted by atomic mass is 9.92. The molecule has 0 aromatic heterocycles. The smallest absolute Gasteiger partial charge is 0.0991 e. The number of hydrogen-bond acceptors (Lipinski definition) is 3. The van der Waals surface area contributed by atoms with E-state index in [2.05, 4.69) is 36.4 Å². The predicted molar refractivity (Wildman–Crippen MR) is 117 cm³/mol. The maximum atomic E-state index is 9.07. The van der Waals surface area contributed by atoms with Gasteiger partial charge in [-0.1, -0.05) is 36.4 Å². The van der Waals surface area contributed by atoms with Gasteiger partial charge in [0.2, 0.25) is 0 Å². The molecule has 0 amide bonds. The summed E-state index contributed by atoms with van der Waals surface area (Å²) in [5.74, 6) is 0. The molecule has 0 radical (unpaired) electrons. The van der Waals surface area contributed by atoms with Crippen LogP contribution in [-0.2, 0) is 0 Å². The van der Waals surface area contributed by atoms with Gasteiger partial charge in [0.05, 0.1) is 34.9 Å². The van der Waals surface area contributed by atoms with Crippen LogP contribution in [0.4, 0.5) is 0 Å². The van der Waals surface area contributed by atoms with E-state index in [1.165, 1.54) is 0 Å². The van der Waals surface area contributed by atoms with E-state index in [1.807, 2.05) is 72.8 Å². The third-order valence-electron chi connectivity index (χ3n) is 4.98. The van der Waals surface area contributed by atoms with Gasteiger partial charge in [0.25, 0.3) is 0 Å². The summed E-state index contributed by atoms with van der Waals surface area (Å²) < 4.78 is 0. The van der Waals surface area contributed by atoms with Crippen molar-refractivity contribution in [2.45, 2.75) is 0 Å². The van der Waals surface area contributed by atoms with Gasteiger partial charge in [0, 0.05) is 0 Å². The first kappa shape index (κ1) is 18.7. The quantitative estimate of drug-likeness (QED) is 0.418. The highest BCUT2D eigenvalue weighted by Gasteiger charge is 2.08. The number of nitriles is 3. The van der Waals surface area contributed by atoms with Crippen molar-refractivity contribution in [1.29, 1.82) is 15.8 Å². The molecule has 0 spiro atoms. The Kier molecular flexibility index (Phi) is 5.08. The Morgan fingerprint density at radius 3 is 0.767 bits per heavy atom. The summed E-state index contributed by atoms with van der Waals surface area (Å²) in [6.07, 6.45) is 0. The van der Waals surface area contributed by atoms with Crippen LogP contribution < -0.4 is 0 Å². The highest BCUT2D eigenvalue weighted by molar-refractivity contribution is 5.81. The Hall–Kier alpha value is -4.65. The normalized spacial score (nSPS) is 9.90. The highest BCUT2D eigenvalue weighted by atomic mass is 14.2. The van der Waals surface area contributed by atoms with Crippen LogP contribution in [0.25, 0.3) is 33.4 Å². The third kappa shape index (κ3) is 3.81. The Labute approximate surface area is 175 Å². The van der Waals surface area contributed by atoms with E-state index in [4.69, 9.17) is 15.8 Å². The van der Waals surface area contributed by atoms with Crippen LogP contribution in [0, 0.1) is 34.0 Å². The van der Waals surface area contributed by atoms with Crippen molar-refractivity contribution in [3.63, 3.8) is 0 Å². The first-order valence-electron chi connectivity index (χ1n) is 9.37. The Morgan fingerprint density at radius 1 is 0.333 bits per heavy atom. The predicted octanol–water partition coefficient (Wildman–Crippen LogP) is 6.30. The molecule has 0 N–H and O–H groups in total. The van der Waals surface area contributed by atoms with Crippen molar-refractivity contribution in [2.24, 2.45) is 0 Å². The fraction of sp³-hybridized carbons (Fsp3) is 0. The van der Waals surface area contributed by atoms with E-state index in [-0.39, 0.29) is 0 Å². The van der Waals surface area contributed by atoms with Crippen LogP contribution in [0.2, 0.25) is 0 Å². The maximum absolute atomic E-state index is 9.07. The molecule has 0 fully saturated rings. The first-order chi connectivity index (χ1) is 14.7. The van der Waals surface area contributed by atoms with E-state index in [0.717, 1.165) is 33.4 Å². The lowest BCUT2D eigenvalue weighted by molar-refractivity contribution is 1.47. The fourth-order valence-electron chi connectivity index (χ4n) is 3.34. The largest absolute Gasteiger partial charge is 0.192 e. The molecule has 138 valence electrons. The third-order valence-corrected chi connectivity index (χ3v) is 4.98. The molecule has 3 heteroatoms. The van der Waals surface area contributed by atoms with Crippen molar-refractivity contribution in [3.05, 3.63) is 108 Å². The molecular formula is C27H15N3. The van der Waals surface area contributed by atoms with Gasteiger partial charge < -0.3 is 0 Å². The Bertz CT molecular complexity index is 1140. The van der Waals surface area contributed by atoms with E-state index in [0.29, 0.717) is 16.7 Å². The maximum Gasteiger partial charge on any atom is 0.0991 e. The zero-order valence-corrected chi connectivity index (χ0v) is 16.0. The lowest BCUT2D eigenvalue weighted by Crippen LogP contribution is -1.87. The molecule has 0 aliphatic rings. The van der Waals surface area contributed by atoms with Crippen molar-refractivity contribution in [3.8, 4) is 51.6 Å². The van der Waals surface area contributed by atoms with Gasteiger partial charge in [-0.25, -0.2) is 0 Å². The Morgan fingerprint density at radius 2 is 0.567 bits per heavy atom. The summed E-state index contributed by atoms with van der Waals surface area (Å²) in [5, 5.41) is 27.2. The average Bonchev–Trinajstić information content (AvgIpc) is 2.84. The molecule has 0 saturated heterocycles. The van der Waals surface area contributed by atoms with E-state index >= 15 is 0 Å². The van der Waals surface area contributed by atoms with Crippen LogP contribution in [-0.4, -0.2) is 0 Å². The second-order valence-corrected chi connectivity index (χ2v) is 6.87. The molecule has 30 heavy (non-hydrogen) atoms. The molecule has 0 atom stereocenters. The fourth-order valence-corrected chi connectivity index (χ4v) is 3.34. The number of benzene rings is 4. The van der Waals surface area contributed by atoms with Crippen molar-refractivity contribution >= 4 is 0 Å². The van der Waals surface area contributed by atoms with Crippen molar-refractivity contribution < 1.29 is 0 Å². The second-order valence-electron chi connectivity index (χ2n) is 6.87. The molecule has 0 bridgehead atoms. The molecule has 0 aliphatic carbocycles. The van der Waals surface area contributed by atoms with Crippen LogP contribution in [0.1, 0.15) is 16.7 Å². The van der Waals surface area contributed by atoms with Crippen LogP contribution in [0.3, 0.4) is 0 Å². The summed E-state index contributed by atoms with van der Waals surface area (Å²) in [6, 6.07) is 35.3. The second kappa shape index (κ2) is 8.15. The summed E-state index contributed by atoms with van der Waals surface area (Å²) in [7, 11) is 0. The van der Waals surface area contributed by atoms with Gasteiger partial charge in [-0.15, -0.1) is 0 Å². The van der Waals surface area contributed by atoms with Gasteiger partial charge in [-0.05, 0) is 88.0 Å². The van der Waals surface area contributed by atoms with Crippen LogP contribution in [0.15, 0.2) is 91.0 Å². The summed E-state index contributed by atoms with van der Waals surface area (Å²) in [5.41, 5.74) is 7.98. The average molecular weight is 381 g/mol. The summed E-state index contributed by atoms with van der Waals surface area (Å²) in [4.78, 5) is 0. The molecular weight excluding hydrogens is 366 g/mol. The van der Waals surface area contributed by atoms with Gasteiger partial charge in [0.15, 0.2) is 0 Å². The standard InChI is InChI=1S/C27H15N3/c28-16-19-1-7-22(8-2-19)25-13-26(23-9-3-20(17-29)4-10-23)15-27(14-25)24-11-5-21(18-30)6-12-24/h1-15H. The topological polar surface area (TPSA) is 71.4 Å². The van der Waals surface area contributed by atoms with Crippen LogP contribution in [0.5, 0.6) is 0 Å². The highest BCUT2D eigenvalue weighted by Crippen LogP contribution is 2.33. The van der Waals surface area contributed by atoms with Gasteiger partial charge in [-0.3, -0.25) is 0 Å². The minimum Gasteiger partial charge on any atom is -0.192 e. The summed E-state index contributed by atoms with van der Waals surface area (Å²) in [6.45, 7) is 0. The van der Waals surface area contributed by atoms with Gasteiger partial charge in [-0.2, -0.15) is 15.8 Å². The molecule has 3 nitrogen and oxygen atoms in total. The van der Waals surface area contributed by atoms with Crippen LogP contribution >= 0.6 is 0 Å². The van der Waals surface area contributed by atoms with Crippen molar-refractivity contribution in [2.75, 3.05) is 0 Å². The summed E-state index contributed by atoms with van der Waals surface area (Å²) >= 11 is 0. The van der Waals surface area contributed by atoms with E-state index < -0.39 is 0 Å².